The molecule has 0 radical (unpaired) electrons. The Bertz CT molecular complexity index is 1220. The predicted molar refractivity (Wildman–Crippen MR) is 127 cm³/mol. The number of rotatable bonds is 6. The molecule has 4 aromatic rings. The molecule has 0 atom stereocenters. The van der Waals surface area contributed by atoms with Gasteiger partial charge in [-0.1, -0.05) is 71.4 Å². The first kappa shape index (κ1) is 21.2. The molecule has 0 bridgehead atoms. The van der Waals surface area contributed by atoms with Crippen LogP contribution in [0.5, 0.6) is 0 Å². The van der Waals surface area contributed by atoms with Gasteiger partial charge in [0.1, 0.15) is 0 Å². The van der Waals surface area contributed by atoms with Gasteiger partial charge in [-0.05, 0) is 49.7 Å². The number of aryl methyl sites for hydroxylation is 2. The van der Waals surface area contributed by atoms with Crippen LogP contribution in [0.25, 0.3) is 17.1 Å². The fourth-order valence-corrected chi connectivity index (χ4v) is 4.20. The van der Waals surface area contributed by atoms with E-state index in [0.29, 0.717) is 16.0 Å². The highest BCUT2D eigenvalue weighted by Crippen LogP contribution is 2.29. The molecule has 156 valence electrons. The molecule has 7 heteroatoms. The zero-order valence-corrected chi connectivity index (χ0v) is 18.7. The average molecular weight is 449 g/mol. The molecule has 3 aromatic carbocycles. The molecular formula is C24H21ClN4OS. The van der Waals surface area contributed by atoms with Crippen molar-refractivity contribution in [3.8, 4) is 17.1 Å². The summed E-state index contributed by atoms with van der Waals surface area (Å²) in [5.41, 5.74) is 4.79. The smallest absolute Gasteiger partial charge is 0.234 e. The van der Waals surface area contributed by atoms with Crippen LogP contribution in [-0.2, 0) is 4.79 Å². The van der Waals surface area contributed by atoms with Gasteiger partial charge >= 0.3 is 0 Å². The third-order valence-electron chi connectivity index (χ3n) is 4.72. The monoisotopic (exact) mass is 448 g/mol. The van der Waals surface area contributed by atoms with Crippen molar-refractivity contribution in [1.29, 1.82) is 0 Å². The minimum absolute atomic E-state index is 0.0936. The van der Waals surface area contributed by atoms with Crippen molar-refractivity contribution in [3.05, 3.63) is 88.9 Å². The van der Waals surface area contributed by atoms with Crippen LogP contribution in [0.15, 0.2) is 78.0 Å². The molecule has 1 heterocycles. The number of carbonyl (C=O) groups is 1. The van der Waals surface area contributed by atoms with E-state index in [1.165, 1.54) is 11.8 Å². The number of nitrogens with zero attached hydrogens (tertiary/aromatic N) is 3. The molecule has 0 aliphatic carbocycles. The van der Waals surface area contributed by atoms with Crippen LogP contribution in [0.3, 0.4) is 0 Å². The molecular weight excluding hydrogens is 428 g/mol. The lowest BCUT2D eigenvalue weighted by Crippen LogP contribution is -2.15. The van der Waals surface area contributed by atoms with E-state index in [1.807, 2.05) is 91.2 Å². The molecule has 4 rings (SSSR count). The molecule has 0 aliphatic rings. The molecule has 1 N–H and O–H groups in total. The Morgan fingerprint density at radius 1 is 1.00 bits per heavy atom. The van der Waals surface area contributed by atoms with Crippen LogP contribution in [0.1, 0.15) is 11.1 Å². The summed E-state index contributed by atoms with van der Waals surface area (Å²) in [5, 5.41) is 13.0. The minimum atomic E-state index is -0.0936. The van der Waals surface area contributed by atoms with E-state index >= 15 is 0 Å². The number of halogens is 1. The van der Waals surface area contributed by atoms with Gasteiger partial charge in [0.25, 0.3) is 0 Å². The van der Waals surface area contributed by atoms with Crippen molar-refractivity contribution in [1.82, 2.24) is 14.8 Å². The average Bonchev–Trinajstić information content (AvgIpc) is 3.19. The Morgan fingerprint density at radius 3 is 2.55 bits per heavy atom. The molecule has 1 amide bonds. The molecule has 1 aromatic heterocycles. The molecule has 5 nitrogen and oxygen atoms in total. The van der Waals surface area contributed by atoms with Gasteiger partial charge in [0.05, 0.1) is 5.75 Å². The van der Waals surface area contributed by atoms with Crippen molar-refractivity contribution in [2.24, 2.45) is 0 Å². The van der Waals surface area contributed by atoms with E-state index in [0.717, 1.165) is 28.1 Å². The van der Waals surface area contributed by atoms with Crippen LogP contribution in [0, 0.1) is 13.8 Å². The number of nitrogens with one attached hydrogen (secondary N) is 1. The molecule has 31 heavy (non-hydrogen) atoms. The van der Waals surface area contributed by atoms with Crippen molar-refractivity contribution in [2.75, 3.05) is 11.1 Å². The predicted octanol–water partition coefficient (Wildman–Crippen LogP) is 5.94. The first-order valence-corrected chi connectivity index (χ1v) is 11.1. The second-order valence-electron chi connectivity index (χ2n) is 7.14. The van der Waals surface area contributed by atoms with Crippen molar-refractivity contribution >= 4 is 35.0 Å². The van der Waals surface area contributed by atoms with E-state index in [-0.39, 0.29) is 11.7 Å². The summed E-state index contributed by atoms with van der Waals surface area (Å²) in [7, 11) is 0. The number of hydrogen-bond acceptors (Lipinski definition) is 4. The normalized spacial score (nSPS) is 10.8. The van der Waals surface area contributed by atoms with Crippen LogP contribution in [-0.4, -0.2) is 26.4 Å². The Labute approximate surface area is 190 Å². The second-order valence-corrected chi connectivity index (χ2v) is 8.52. The number of amides is 1. The van der Waals surface area contributed by atoms with Gasteiger partial charge in [-0.2, -0.15) is 0 Å². The third kappa shape index (κ3) is 4.98. The van der Waals surface area contributed by atoms with E-state index in [9.17, 15) is 4.79 Å². The van der Waals surface area contributed by atoms with Gasteiger partial charge in [-0.15, -0.1) is 10.2 Å². The zero-order valence-electron chi connectivity index (χ0n) is 17.2. The Kier molecular flexibility index (Phi) is 6.39. The van der Waals surface area contributed by atoms with Gasteiger partial charge < -0.3 is 5.32 Å². The Morgan fingerprint density at radius 2 is 1.81 bits per heavy atom. The fraction of sp³-hybridized carbons (Fsp3) is 0.125. The first-order valence-electron chi connectivity index (χ1n) is 9.78. The summed E-state index contributed by atoms with van der Waals surface area (Å²) in [6, 6.07) is 23.3. The van der Waals surface area contributed by atoms with Gasteiger partial charge in [0, 0.05) is 22.0 Å². The third-order valence-corrected chi connectivity index (χ3v) is 5.88. The van der Waals surface area contributed by atoms with Gasteiger partial charge in [0.15, 0.2) is 11.0 Å². The van der Waals surface area contributed by atoms with Crippen molar-refractivity contribution < 1.29 is 4.79 Å². The Hall–Kier alpha value is -3.09. The second kappa shape index (κ2) is 9.37. The zero-order chi connectivity index (χ0) is 21.8. The number of anilines is 1. The summed E-state index contributed by atoms with van der Waals surface area (Å²) in [6.07, 6.45) is 0. The largest absolute Gasteiger partial charge is 0.325 e. The summed E-state index contributed by atoms with van der Waals surface area (Å²) < 4.78 is 1.95. The number of aromatic nitrogens is 3. The molecule has 0 unspecified atom stereocenters. The highest BCUT2D eigenvalue weighted by Gasteiger charge is 2.17. The van der Waals surface area contributed by atoms with Crippen molar-refractivity contribution in [2.45, 2.75) is 19.0 Å². The van der Waals surface area contributed by atoms with Gasteiger partial charge in [-0.3, -0.25) is 9.36 Å². The maximum atomic E-state index is 12.6. The SMILES string of the molecule is Cc1ccc(NC(=O)CSc2nnc(-c3cccc(Cl)c3)n2-c2ccccc2)c(C)c1. The minimum Gasteiger partial charge on any atom is -0.325 e. The molecule has 0 saturated carbocycles. The maximum Gasteiger partial charge on any atom is 0.234 e. The summed E-state index contributed by atoms with van der Waals surface area (Å²) in [5.74, 6) is 0.795. The summed E-state index contributed by atoms with van der Waals surface area (Å²) in [4.78, 5) is 12.6. The number of benzene rings is 3. The van der Waals surface area contributed by atoms with Gasteiger partial charge in [0.2, 0.25) is 5.91 Å². The van der Waals surface area contributed by atoms with Crippen LogP contribution < -0.4 is 5.32 Å². The molecule has 0 fully saturated rings. The Balaban J connectivity index is 1.59. The van der Waals surface area contributed by atoms with E-state index < -0.39 is 0 Å². The highest BCUT2D eigenvalue weighted by molar-refractivity contribution is 7.99. The fourth-order valence-electron chi connectivity index (χ4n) is 3.26. The van der Waals surface area contributed by atoms with E-state index in [1.54, 1.807) is 0 Å². The number of carbonyl (C=O) groups excluding carboxylic acids is 1. The van der Waals surface area contributed by atoms with Crippen LogP contribution >= 0.6 is 23.4 Å². The summed E-state index contributed by atoms with van der Waals surface area (Å²) >= 11 is 7.53. The van der Waals surface area contributed by atoms with Crippen molar-refractivity contribution in [3.63, 3.8) is 0 Å². The van der Waals surface area contributed by atoms with Crippen LogP contribution in [0.4, 0.5) is 5.69 Å². The maximum absolute atomic E-state index is 12.6. The lowest BCUT2D eigenvalue weighted by atomic mass is 10.1. The standard InChI is InChI=1S/C24H21ClN4OS/c1-16-11-12-21(17(2)13-16)26-22(30)15-31-24-28-27-23(18-7-6-8-19(25)14-18)29(24)20-9-4-3-5-10-20/h3-14H,15H2,1-2H3,(H,26,30). The lowest BCUT2D eigenvalue weighted by Gasteiger charge is -2.11. The molecule has 0 spiro atoms. The molecule has 0 saturated heterocycles. The first-order chi connectivity index (χ1) is 15.0. The van der Waals surface area contributed by atoms with E-state index in [4.69, 9.17) is 11.6 Å². The number of para-hydroxylation sites is 1. The van der Waals surface area contributed by atoms with E-state index in [2.05, 4.69) is 15.5 Å². The number of hydrogen-bond donors (Lipinski definition) is 1. The summed E-state index contributed by atoms with van der Waals surface area (Å²) in [6.45, 7) is 4.02. The topological polar surface area (TPSA) is 59.8 Å². The number of thioether (sulfide) groups is 1. The van der Waals surface area contributed by atoms with Gasteiger partial charge in [-0.25, -0.2) is 0 Å². The highest BCUT2D eigenvalue weighted by atomic mass is 35.5. The lowest BCUT2D eigenvalue weighted by molar-refractivity contribution is -0.113. The van der Waals surface area contributed by atoms with Crippen LogP contribution in [0.2, 0.25) is 5.02 Å². The molecule has 0 aliphatic heterocycles. The quantitative estimate of drug-likeness (QED) is 0.371.